The van der Waals surface area contributed by atoms with Crippen LogP contribution in [0.2, 0.25) is 0 Å². The van der Waals surface area contributed by atoms with E-state index in [0.29, 0.717) is 22.2 Å². The lowest BCUT2D eigenvalue weighted by atomic mass is 10.3. The smallest absolute Gasteiger partial charge is 0.251 e. The molecular formula is C15H16N4O3S. The minimum atomic E-state index is -0.242. The van der Waals surface area contributed by atoms with Gasteiger partial charge in [0.05, 0.1) is 5.75 Å². The zero-order chi connectivity index (χ0) is 16.8. The van der Waals surface area contributed by atoms with Gasteiger partial charge in [-0.1, -0.05) is 11.8 Å². The molecule has 0 saturated carbocycles. The molecule has 0 aliphatic carbocycles. The fourth-order valence-electron chi connectivity index (χ4n) is 1.79. The van der Waals surface area contributed by atoms with E-state index < -0.39 is 0 Å². The Bertz CT molecular complexity index is 771. The molecule has 1 aromatic carbocycles. The molecule has 120 valence electrons. The van der Waals surface area contributed by atoms with Crippen molar-refractivity contribution >= 4 is 35.0 Å². The van der Waals surface area contributed by atoms with Crippen LogP contribution in [0.5, 0.6) is 0 Å². The summed E-state index contributed by atoms with van der Waals surface area (Å²) in [6, 6.07) is 8.18. The third-order valence-corrected chi connectivity index (χ3v) is 3.55. The van der Waals surface area contributed by atoms with Crippen LogP contribution in [-0.2, 0) is 9.59 Å². The van der Waals surface area contributed by atoms with Crippen molar-refractivity contribution in [2.24, 2.45) is 0 Å². The minimum absolute atomic E-state index is 0.125. The van der Waals surface area contributed by atoms with Gasteiger partial charge in [-0.2, -0.15) is 0 Å². The van der Waals surface area contributed by atoms with E-state index in [-0.39, 0.29) is 23.1 Å². The topological polar surface area (TPSA) is 104 Å². The van der Waals surface area contributed by atoms with Crippen LogP contribution in [0.3, 0.4) is 0 Å². The molecule has 0 saturated heterocycles. The van der Waals surface area contributed by atoms with Gasteiger partial charge in [-0.3, -0.25) is 14.4 Å². The first-order valence-electron chi connectivity index (χ1n) is 6.80. The third-order valence-electron chi connectivity index (χ3n) is 2.68. The number of benzene rings is 1. The lowest BCUT2D eigenvalue weighted by Crippen LogP contribution is -2.15. The molecule has 2 aromatic rings. The van der Waals surface area contributed by atoms with Gasteiger partial charge in [0.15, 0.2) is 5.16 Å². The van der Waals surface area contributed by atoms with E-state index in [0.717, 1.165) is 11.8 Å². The monoisotopic (exact) mass is 332 g/mol. The summed E-state index contributed by atoms with van der Waals surface area (Å²) in [4.78, 5) is 40.8. The predicted octanol–water partition coefficient (Wildman–Crippen LogP) is 1.77. The lowest BCUT2D eigenvalue weighted by Gasteiger charge is -2.07. The van der Waals surface area contributed by atoms with Crippen LogP contribution >= 0.6 is 11.8 Å². The van der Waals surface area contributed by atoms with Crippen molar-refractivity contribution in [1.82, 2.24) is 9.97 Å². The first-order valence-corrected chi connectivity index (χ1v) is 7.79. The average molecular weight is 332 g/mol. The molecular weight excluding hydrogens is 316 g/mol. The van der Waals surface area contributed by atoms with E-state index >= 15 is 0 Å². The number of hydrogen-bond acceptors (Lipinski definition) is 5. The van der Waals surface area contributed by atoms with Gasteiger partial charge in [-0.05, 0) is 31.2 Å². The number of nitrogens with zero attached hydrogens (tertiary/aromatic N) is 1. The molecule has 0 atom stereocenters. The number of H-pyrrole nitrogens is 1. The quantitative estimate of drug-likeness (QED) is 0.572. The second-order valence-electron chi connectivity index (χ2n) is 4.79. The normalized spacial score (nSPS) is 10.2. The van der Waals surface area contributed by atoms with Gasteiger partial charge >= 0.3 is 0 Å². The van der Waals surface area contributed by atoms with Crippen LogP contribution in [-0.4, -0.2) is 27.5 Å². The van der Waals surface area contributed by atoms with Gasteiger partial charge in [-0.25, -0.2) is 4.98 Å². The lowest BCUT2D eigenvalue weighted by molar-refractivity contribution is -0.114. The maximum atomic E-state index is 11.9. The number of aromatic nitrogens is 2. The Hall–Kier alpha value is -2.61. The van der Waals surface area contributed by atoms with Gasteiger partial charge in [-0.15, -0.1) is 0 Å². The number of anilines is 2. The molecule has 3 N–H and O–H groups in total. The fraction of sp³-hybridized carbons (Fsp3) is 0.200. The Labute approximate surface area is 136 Å². The van der Waals surface area contributed by atoms with Crippen LogP contribution in [0.1, 0.15) is 12.6 Å². The Kier molecular flexibility index (Phi) is 5.53. The molecule has 0 aliphatic rings. The summed E-state index contributed by atoms with van der Waals surface area (Å²) in [5.41, 5.74) is 1.64. The first kappa shape index (κ1) is 16.8. The van der Waals surface area contributed by atoms with Crippen LogP contribution in [0.4, 0.5) is 11.4 Å². The van der Waals surface area contributed by atoms with E-state index in [9.17, 15) is 14.4 Å². The van der Waals surface area contributed by atoms with Gasteiger partial charge in [0.25, 0.3) is 5.56 Å². The number of rotatable bonds is 5. The number of carbonyl (C=O) groups excluding carboxylic acids is 2. The molecule has 2 amide bonds. The van der Waals surface area contributed by atoms with Crippen LogP contribution < -0.4 is 16.2 Å². The molecule has 23 heavy (non-hydrogen) atoms. The molecule has 8 heteroatoms. The predicted molar refractivity (Wildman–Crippen MR) is 89.7 cm³/mol. The molecule has 1 heterocycles. The number of carbonyl (C=O) groups is 2. The van der Waals surface area contributed by atoms with Gasteiger partial charge in [0.2, 0.25) is 11.8 Å². The number of nitrogens with one attached hydrogen (secondary N) is 3. The number of hydrogen-bond donors (Lipinski definition) is 3. The summed E-state index contributed by atoms with van der Waals surface area (Å²) in [6.07, 6.45) is 0. The molecule has 0 spiro atoms. The highest BCUT2D eigenvalue weighted by Crippen LogP contribution is 2.15. The van der Waals surface area contributed by atoms with E-state index in [1.165, 1.54) is 13.0 Å². The Morgan fingerprint density at radius 3 is 2.35 bits per heavy atom. The summed E-state index contributed by atoms with van der Waals surface area (Å²) in [6.45, 7) is 3.15. The number of amides is 2. The van der Waals surface area contributed by atoms with Crippen molar-refractivity contribution in [3.8, 4) is 0 Å². The highest BCUT2D eigenvalue weighted by molar-refractivity contribution is 7.99. The summed E-state index contributed by atoms with van der Waals surface area (Å²) >= 11 is 1.15. The molecule has 1 aromatic heterocycles. The molecule has 7 nitrogen and oxygen atoms in total. The van der Waals surface area contributed by atoms with Crippen LogP contribution in [0, 0.1) is 6.92 Å². The zero-order valence-electron chi connectivity index (χ0n) is 12.7. The minimum Gasteiger partial charge on any atom is -0.326 e. The van der Waals surface area contributed by atoms with Crippen LogP contribution in [0.15, 0.2) is 40.3 Å². The van der Waals surface area contributed by atoms with Crippen molar-refractivity contribution in [1.29, 1.82) is 0 Å². The summed E-state index contributed by atoms with van der Waals surface area (Å²) < 4.78 is 0. The SMILES string of the molecule is CC(=O)Nc1ccc(NC(=O)CSc2nc(C)cc(=O)[nH]2)cc1. The van der Waals surface area contributed by atoms with Crippen molar-refractivity contribution < 1.29 is 9.59 Å². The van der Waals surface area contributed by atoms with Crippen LogP contribution in [0.25, 0.3) is 0 Å². The highest BCUT2D eigenvalue weighted by Gasteiger charge is 2.06. The maximum Gasteiger partial charge on any atom is 0.251 e. The molecule has 0 fully saturated rings. The van der Waals surface area contributed by atoms with E-state index in [1.807, 2.05) is 0 Å². The number of aromatic amines is 1. The summed E-state index contributed by atoms with van der Waals surface area (Å²) in [5.74, 6) is -0.246. The molecule has 0 unspecified atom stereocenters. The van der Waals surface area contributed by atoms with Crippen molar-refractivity contribution in [2.45, 2.75) is 19.0 Å². The largest absolute Gasteiger partial charge is 0.326 e. The Morgan fingerprint density at radius 2 is 1.78 bits per heavy atom. The van der Waals surface area contributed by atoms with Gasteiger partial charge in [0, 0.05) is 30.1 Å². The molecule has 0 aliphatic heterocycles. The van der Waals surface area contributed by atoms with E-state index in [4.69, 9.17) is 0 Å². The van der Waals surface area contributed by atoms with Crippen molar-refractivity contribution in [3.05, 3.63) is 46.4 Å². The number of aryl methyl sites for hydroxylation is 1. The number of thioether (sulfide) groups is 1. The summed E-state index contributed by atoms with van der Waals surface area (Å²) in [5, 5.41) is 5.78. The Morgan fingerprint density at radius 1 is 1.17 bits per heavy atom. The van der Waals surface area contributed by atoms with Crippen molar-refractivity contribution in [3.63, 3.8) is 0 Å². The van der Waals surface area contributed by atoms with E-state index in [2.05, 4.69) is 20.6 Å². The van der Waals surface area contributed by atoms with E-state index in [1.54, 1.807) is 31.2 Å². The van der Waals surface area contributed by atoms with Gasteiger partial charge in [0.1, 0.15) is 0 Å². The van der Waals surface area contributed by atoms with Gasteiger partial charge < -0.3 is 15.6 Å². The maximum absolute atomic E-state index is 11.9. The average Bonchev–Trinajstić information content (AvgIpc) is 2.46. The summed E-state index contributed by atoms with van der Waals surface area (Å²) in [7, 11) is 0. The van der Waals surface area contributed by atoms with Crippen molar-refractivity contribution in [2.75, 3.05) is 16.4 Å². The second kappa shape index (κ2) is 7.59. The molecule has 2 rings (SSSR count). The standard InChI is InChI=1S/C15H16N4O3S/c1-9-7-13(21)19-15(16-9)23-8-14(22)18-12-5-3-11(4-6-12)17-10(2)20/h3-7H,8H2,1-2H3,(H,17,20)(H,18,22)(H,16,19,21). The highest BCUT2D eigenvalue weighted by atomic mass is 32.2. The second-order valence-corrected chi connectivity index (χ2v) is 5.75. The zero-order valence-corrected chi connectivity index (χ0v) is 13.5. The fourth-order valence-corrected chi connectivity index (χ4v) is 2.51. The third kappa shape index (κ3) is 5.59. The Balaban J connectivity index is 1.89. The molecule has 0 radical (unpaired) electrons. The molecule has 0 bridgehead atoms. The first-order chi connectivity index (χ1) is 10.9.